The molecule has 8 heteroatoms. The first kappa shape index (κ1) is 12.8. The second-order valence-corrected chi connectivity index (χ2v) is 5.40. The van der Waals surface area contributed by atoms with Crippen LogP contribution in [0, 0.1) is 0 Å². The van der Waals surface area contributed by atoms with Crippen LogP contribution in [-0.4, -0.2) is 37.1 Å². The second-order valence-electron chi connectivity index (χ2n) is 4.51. The van der Waals surface area contributed by atoms with Crippen molar-refractivity contribution in [3.05, 3.63) is 42.3 Å². The Morgan fingerprint density at radius 2 is 2.00 bits per heavy atom. The van der Waals surface area contributed by atoms with Crippen LogP contribution >= 0.6 is 11.3 Å². The van der Waals surface area contributed by atoms with Gasteiger partial charge in [-0.3, -0.25) is 0 Å². The quantitative estimate of drug-likeness (QED) is 0.578. The van der Waals surface area contributed by atoms with Gasteiger partial charge in [0.1, 0.15) is 5.69 Å². The number of aromatic nitrogens is 6. The summed E-state index contributed by atoms with van der Waals surface area (Å²) in [5, 5.41) is 8.33. The highest BCUT2D eigenvalue weighted by molar-refractivity contribution is 7.16. The van der Waals surface area contributed by atoms with E-state index in [2.05, 4.69) is 25.3 Å². The summed E-state index contributed by atoms with van der Waals surface area (Å²) in [4.78, 5) is 12.4. The van der Waals surface area contributed by atoms with E-state index in [-0.39, 0.29) is 0 Å². The molecule has 0 atom stereocenters. The van der Waals surface area contributed by atoms with Crippen LogP contribution in [0.4, 0.5) is 0 Å². The third-order valence-corrected chi connectivity index (χ3v) is 3.97. The molecule has 0 aliphatic carbocycles. The van der Waals surface area contributed by atoms with E-state index < -0.39 is 0 Å². The Hall–Kier alpha value is -2.87. The van der Waals surface area contributed by atoms with Crippen LogP contribution in [-0.2, 0) is 0 Å². The number of nitrogens with zero attached hydrogens (tertiary/aromatic N) is 6. The molecule has 108 valence electrons. The van der Waals surface area contributed by atoms with E-state index in [0.717, 1.165) is 21.5 Å². The second kappa shape index (κ2) is 5.15. The van der Waals surface area contributed by atoms with Gasteiger partial charge in [-0.1, -0.05) is 5.21 Å². The maximum Gasteiger partial charge on any atom is 0.316 e. The third kappa shape index (κ3) is 2.19. The van der Waals surface area contributed by atoms with Gasteiger partial charge >= 0.3 is 6.01 Å². The normalized spacial score (nSPS) is 11.0. The molecular formula is C14H10N6OS. The molecule has 0 saturated carbocycles. The Bertz CT molecular complexity index is 930. The molecule has 7 nitrogen and oxygen atoms in total. The van der Waals surface area contributed by atoms with E-state index in [4.69, 9.17) is 4.74 Å². The molecule has 0 amide bonds. The lowest BCUT2D eigenvalue weighted by Crippen LogP contribution is -1.94. The molecule has 0 radical (unpaired) electrons. The molecule has 0 N–H and O–H groups in total. The summed E-state index contributed by atoms with van der Waals surface area (Å²) >= 11 is 1.60. The number of hydrogen-bond donors (Lipinski definition) is 0. The Morgan fingerprint density at radius 1 is 1.14 bits per heavy atom. The van der Waals surface area contributed by atoms with E-state index in [9.17, 15) is 0 Å². The molecule has 0 fully saturated rings. The highest BCUT2D eigenvalue weighted by Gasteiger charge is 2.08. The van der Waals surface area contributed by atoms with Crippen LogP contribution in [0.5, 0.6) is 6.01 Å². The number of fused-ring (bicyclic) bond motifs is 1. The molecule has 0 unspecified atom stereocenters. The molecule has 0 aliphatic heterocycles. The average molecular weight is 310 g/mol. The van der Waals surface area contributed by atoms with Gasteiger partial charge in [0.2, 0.25) is 0 Å². The maximum absolute atomic E-state index is 4.94. The molecule has 0 spiro atoms. The third-order valence-electron chi connectivity index (χ3n) is 3.18. The van der Waals surface area contributed by atoms with Crippen molar-refractivity contribution < 1.29 is 4.74 Å². The van der Waals surface area contributed by atoms with Crippen LogP contribution in [0.1, 0.15) is 0 Å². The fraction of sp³-hybridized carbons (Fsp3) is 0.0714. The van der Waals surface area contributed by atoms with Crippen molar-refractivity contribution in [1.29, 1.82) is 0 Å². The van der Waals surface area contributed by atoms with Gasteiger partial charge in [0.15, 0.2) is 0 Å². The van der Waals surface area contributed by atoms with Gasteiger partial charge in [-0.05, 0) is 18.2 Å². The standard InChI is InChI=1S/C14H10N6OS/c1-21-14-15-5-9(6-16-14)12-7-20(19-18-12)10-2-3-11-13(4-10)22-8-17-11/h2-8H,1H3. The van der Waals surface area contributed by atoms with Gasteiger partial charge in [0.25, 0.3) is 0 Å². The van der Waals surface area contributed by atoms with Gasteiger partial charge in [-0.2, -0.15) is 0 Å². The SMILES string of the molecule is COc1ncc(-c2cn(-c3ccc4ncsc4c3)nn2)cn1. The predicted octanol–water partition coefficient (Wildman–Crippen LogP) is 2.34. The fourth-order valence-corrected chi connectivity index (χ4v) is 2.77. The monoisotopic (exact) mass is 310 g/mol. The number of benzene rings is 1. The zero-order valence-electron chi connectivity index (χ0n) is 11.5. The lowest BCUT2D eigenvalue weighted by molar-refractivity contribution is 0.380. The van der Waals surface area contributed by atoms with E-state index in [1.165, 1.54) is 7.11 Å². The Morgan fingerprint density at radius 3 is 2.82 bits per heavy atom. The van der Waals surface area contributed by atoms with Crippen molar-refractivity contribution >= 4 is 21.6 Å². The van der Waals surface area contributed by atoms with E-state index in [0.29, 0.717) is 11.7 Å². The smallest absolute Gasteiger partial charge is 0.316 e. The predicted molar refractivity (Wildman–Crippen MR) is 82.1 cm³/mol. The van der Waals surface area contributed by atoms with E-state index in [1.54, 1.807) is 28.4 Å². The number of hydrogen-bond acceptors (Lipinski definition) is 7. The van der Waals surface area contributed by atoms with Crippen LogP contribution < -0.4 is 4.74 Å². The minimum atomic E-state index is 0.326. The largest absolute Gasteiger partial charge is 0.467 e. The zero-order chi connectivity index (χ0) is 14.9. The molecule has 4 aromatic rings. The van der Waals surface area contributed by atoms with Crippen LogP contribution in [0.3, 0.4) is 0 Å². The Kier molecular flexibility index (Phi) is 3.01. The first-order chi connectivity index (χ1) is 10.8. The van der Waals surface area contributed by atoms with Crippen LogP contribution in [0.2, 0.25) is 0 Å². The lowest BCUT2D eigenvalue weighted by Gasteiger charge is -1.99. The summed E-state index contributed by atoms with van der Waals surface area (Å²) in [7, 11) is 1.53. The van der Waals surface area contributed by atoms with E-state index in [1.807, 2.05) is 29.9 Å². The van der Waals surface area contributed by atoms with E-state index >= 15 is 0 Å². The van der Waals surface area contributed by atoms with Crippen LogP contribution in [0.25, 0.3) is 27.2 Å². The lowest BCUT2D eigenvalue weighted by atomic mass is 10.2. The number of ether oxygens (including phenoxy) is 1. The highest BCUT2D eigenvalue weighted by atomic mass is 32.1. The fourth-order valence-electron chi connectivity index (χ4n) is 2.06. The van der Waals surface area contributed by atoms with Gasteiger partial charge in [-0.25, -0.2) is 19.6 Å². The first-order valence-electron chi connectivity index (χ1n) is 6.46. The molecule has 4 rings (SSSR count). The summed E-state index contributed by atoms with van der Waals surface area (Å²) in [6, 6.07) is 6.30. The van der Waals surface area contributed by atoms with Crippen LogP contribution in [0.15, 0.2) is 42.3 Å². The summed E-state index contributed by atoms with van der Waals surface area (Å²) in [6.07, 6.45) is 5.16. The molecule has 0 bridgehead atoms. The summed E-state index contributed by atoms with van der Waals surface area (Å²) in [6.45, 7) is 0. The molecule has 1 aromatic carbocycles. The Balaban J connectivity index is 1.70. The first-order valence-corrected chi connectivity index (χ1v) is 7.34. The molecule has 0 saturated heterocycles. The maximum atomic E-state index is 4.94. The summed E-state index contributed by atoms with van der Waals surface area (Å²) < 4.78 is 7.78. The van der Waals surface area contributed by atoms with Crippen molar-refractivity contribution in [2.24, 2.45) is 0 Å². The number of thiazole rings is 1. The van der Waals surface area contributed by atoms with Gasteiger partial charge in [0, 0.05) is 18.0 Å². The van der Waals surface area contributed by atoms with Crippen molar-refractivity contribution in [3.8, 4) is 23.0 Å². The Labute approximate surface area is 129 Å². The van der Waals surface area contributed by atoms with Crippen molar-refractivity contribution in [1.82, 2.24) is 29.9 Å². The van der Waals surface area contributed by atoms with Crippen molar-refractivity contribution in [2.75, 3.05) is 7.11 Å². The average Bonchev–Trinajstić information content (AvgIpc) is 3.23. The minimum absolute atomic E-state index is 0.326. The summed E-state index contributed by atoms with van der Waals surface area (Å²) in [5.41, 5.74) is 5.23. The van der Waals surface area contributed by atoms with Crippen molar-refractivity contribution in [3.63, 3.8) is 0 Å². The van der Waals surface area contributed by atoms with Gasteiger partial charge in [0.05, 0.1) is 34.7 Å². The molecule has 0 aliphatic rings. The minimum Gasteiger partial charge on any atom is -0.467 e. The topological polar surface area (TPSA) is 78.6 Å². The zero-order valence-corrected chi connectivity index (χ0v) is 12.4. The highest BCUT2D eigenvalue weighted by Crippen LogP contribution is 2.22. The van der Waals surface area contributed by atoms with Gasteiger partial charge in [-0.15, -0.1) is 16.4 Å². The molecule has 22 heavy (non-hydrogen) atoms. The summed E-state index contributed by atoms with van der Waals surface area (Å²) in [5.74, 6) is 0. The number of methoxy groups -OCH3 is 1. The number of rotatable bonds is 3. The molecular weight excluding hydrogens is 300 g/mol. The van der Waals surface area contributed by atoms with Gasteiger partial charge < -0.3 is 4.74 Å². The van der Waals surface area contributed by atoms with Crippen molar-refractivity contribution in [2.45, 2.75) is 0 Å². The molecule has 3 heterocycles. The molecule has 3 aromatic heterocycles.